The number of halogens is 1. The molecule has 0 aliphatic carbocycles. The van der Waals surface area contributed by atoms with Crippen LogP contribution in [-0.2, 0) is 6.54 Å². The molecule has 0 spiro atoms. The zero-order valence-electron chi connectivity index (χ0n) is 13.6. The van der Waals surface area contributed by atoms with Gasteiger partial charge in [0.1, 0.15) is 0 Å². The van der Waals surface area contributed by atoms with Gasteiger partial charge in [-0.3, -0.25) is 4.99 Å². The van der Waals surface area contributed by atoms with E-state index < -0.39 is 0 Å². The summed E-state index contributed by atoms with van der Waals surface area (Å²) < 4.78 is 0. The van der Waals surface area contributed by atoms with Gasteiger partial charge in [0, 0.05) is 31.7 Å². The van der Waals surface area contributed by atoms with Gasteiger partial charge in [-0.05, 0) is 43.5 Å². The van der Waals surface area contributed by atoms with Crippen LogP contribution in [0.15, 0.2) is 29.3 Å². The maximum Gasteiger partial charge on any atom is 0.191 e. The molecule has 1 aromatic rings. The molecule has 0 saturated carbocycles. The molecular weight excluding hydrogens is 296 g/mol. The highest BCUT2D eigenvalue weighted by Gasteiger charge is 2.18. The summed E-state index contributed by atoms with van der Waals surface area (Å²) in [6.45, 7) is 7.47. The summed E-state index contributed by atoms with van der Waals surface area (Å²) in [6, 6.07) is 7.89. The molecule has 1 aliphatic heterocycles. The van der Waals surface area contributed by atoms with Gasteiger partial charge in [0.25, 0.3) is 0 Å². The van der Waals surface area contributed by atoms with E-state index in [1.165, 1.54) is 25.9 Å². The fraction of sp³-hybridized carbons (Fsp3) is 0.588. The third-order valence-corrected chi connectivity index (χ3v) is 4.60. The van der Waals surface area contributed by atoms with Crippen LogP contribution in [0.5, 0.6) is 0 Å². The minimum Gasteiger partial charge on any atom is -0.356 e. The van der Waals surface area contributed by atoms with Gasteiger partial charge in [-0.1, -0.05) is 36.7 Å². The van der Waals surface area contributed by atoms with Crippen molar-refractivity contribution in [2.45, 2.75) is 26.3 Å². The quantitative estimate of drug-likeness (QED) is 0.647. The molecule has 1 aliphatic rings. The molecule has 0 radical (unpaired) electrons. The van der Waals surface area contributed by atoms with Gasteiger partial charge in [-0.25, -0.2) is 0 Å². The van der Waals surface area contributed by atoms with Gasteiger partial charge in [0.15, 0.2) is 5.96 Å². The number of aliphatic imine (C=N–C) groups is 1. The Morgan fingerprint density at radius 3 is 2.91 bits per heavy atom. The maximum atomic E-state index is 6.18. The molecule has 1 fully saturated rings. The van der Waals surface area contributed by atoms with Crippen LogP contribution in [0.25, 0.3) is 0 Å². The third kappa shape index (κ3) is 5.18. The van der Waals surface area contributed by atoms with Crippen LogP contribution in [0.3, 0.4) is 0 Å². The summed E-state index contributed by atoms with van der Waals surface area (Å²) in [6.07, 6.45) is 2.59. The van der Waals surface area contributed by atoms with Crippen molar-refractivity contribution >= 4 is 17.6 Å². The van der Waals surface area contributed by atoms with Crippen molar-refractivity contribution in [2.75, 3.05) is 33.2 Å². The number of hydrogen-bond acceptors (Lipinski definition) is 2. The number of hydrogen-bond donors (Lipinski definition) is 2. The molecule has 0 bridgehead atoms. The molecule has 1 atom stereocenters. The highest BCUT2D eigenvalue weighted by atomic mass is 35.5. The van der Waals surface area contributed by atoms with E-state index in [1.54, 1.807) is 7.05 Å². The standard InChI is InChI=1S/C17H27ClN4/c1-3-22-10-6-7-14(13-22)11-20-17(19-2)21-12-15-8-4-5-9-16(15)18/h4-5,8-9,14H,3,6-7,10-13H2,1-2H3,(H2,19,20,21). The van der Waals surface area contributed by atoms with Crippen molar-refractivity contribution in [1.29, 1.82) is 0 Å². The predicted molar refractivity (Wildman–Crippen MR) is 94.5 cm³/mol. The first-order chi connectivity index (χ1) is 10.7. The van der Waals surface area contributed by atoms with E-state index >= 15 is 0 Å². The molecule has 5 heteroatoms. The van der Waals surface area contributed by atoms with Crippen molar-refractivity contribution in [1.82, 2.24) is 15.5 Å². The number of benzene rings is 1. The van der Waals surface area contributed by atoms with E-state index in [0.29, 0.717) is 12.5 Å². The molecule has 122 valence electrons. The lowest BCUT2D eigenvalue weighted by atomic mass is 9.98. The van der Waals surface area contributed by atoms with Crippen molar-refractivity contribution in [3.63, 3.8) is 0 Å². The largest absolute Gasteiger partial charge is 0.356 e. The Hall–Kier alpha value is -1.26. The number of nitrogens with one attached hydrogen (secondary N) is 2. The van der Waals surface area contributed by atoms with E-state index in [1.807, 2.05) is 24.3 Å². The molecule has 4 nitrogen and oxygen atoms in total. The average Bonchev–Trinajstić information content (AvgIpc) is 2.56. The second kappa shape index (κ2) is 9.01. The van der Waals surface area contributed by atoms with Crippen LogP contribution in [0.4, 0.5) is 0 Å². The molecule has 1 saturated heterocycles. The second-order valence-corrected chi connectivity index (χ2v) is 6.21. The Morgan fingerprint density at radius 2 is 2.18 bits per heavy atom. The number of nitrogens with zero attached hydrogens (tertiary/aromatic N) is 2. The molecule has 0 aromatic heterocycles. The van der Waals surface area contributed by atoms with Crippen molar-refractivity contribution in [3.05, 3.63) is 34.9 Å². The lowest BCUT2D eigenvalue weighted by molar-refractivity contribution is 0.183. The van der Waals surface area contributed by atoms with E-state index in [0.717, 1.165) is 29.6 Å². The van der Waals surface area contributed by atoms with Gasteiger partial charge < -0.3 is 15.5 Å². The maximum absolute atomic E-state index is 6.18. The summed E-state index contributed by atoms with van der Waals surface area (Å²) in [5.41, 5.74) is 1.09. The first kappa shape index (κ1) is 17.1. The number of rotatable bonds is 5. The minimum atomic E-state index is 0.686. The van der Waals surface area contributed by atoms with Crippen molar-refractivity contribution < 1.29 is 0 Å². The minimum absolute atomic E-state index is 0.686. The number of guanidine groups is 1. The molecule has 1 heterocycles. The highest BCUT2D eigenvalue weighted by molar-refractivity contribution is 6.31. The Bertz CT molecular complexity index is 489. The average molecular weight is 323 g/mol. The zero-order valence-corrected chi connectivity index (χ0v) is 14.4. The van der Waals surface area contributed by atoms with Gasteiger partial charge in [0.2, 0.25) is 0 Å². The van der Waals surface area contributed by atoms with Gasteiger partial charge in [-0.15, -0.1) is 0 Å². The Morgan fingerprint density at radius 1 is 1.36 bits per heavy atom. The van der Waals surface area contributed by atoms with Gasteiger partial charge in [0.05, 0.1) is 0 Å². The van der Waals surface area contributed by atoms with Crippen LogP contribution in [0, 0.1) is 5.92 Å². The molecular formula is C17H27ClN4. The van der Waals surface area contributed by atoms with E-state index in [9.17, 15) is 0 Å². The lowest BCUT2D eigenvalue weighted by Crippen LogP contribution is -2.44. The van der Waals surface area contributed by atoms with Crippen LogP contribution < -0.4 is 10.6 Å². The summed E-state index contributed by atoms with van der Waals surface area (Å²) in [5.74, 6) is 1.54. The molecule has 1 aromatic carbocycles. The van der Waals surface area contributed by atoms with E-state index in [4.69, 9.17) is 11.6 Å². The first-order valence-corrected chi connectivity index (χ1v) is 8.51. The van der Waals surface area contributed by atoms with E-state index in [-0.39, 0.29) is 0 Å². The number of likely N-dealkylation sites (tertiary alicyclic amines) is 1. The summed E-state index contributed by atoms with van der Waals surface area (Å²) in [5, 5.41) is 7.56. The van der Waals surface area contributed by atoms with Crippen LogP contribution in [0.1, 0.15) is 25.3 Å². The third-order valence-electron chi connectivity index (χ3n) is 4.24. The van der Waals surface area contributed by atoms with Gasteiger partial charge in [-0.2, -0.15) is 0 Å². The summed E-state index contributed by atoms with van der Waals surface area (Å²) in [7, 11) is 1.81. The molecule has 22 heavy (non-hydrogen) atoms. The van der Waals surface area contributed by atoms with Crippen LogP contribution >= 0.6 is 11.6 Å². The first-order valence-electron chi connectivity index (χ1n) is 8.13. The fourth-order valence-corrected chi connectivity index (χ4v) is 3.09. The topological polar surface area (TPSA) is 39.7 Å². The Kier molecular flexibility index (Phi) is 7.00. The van der Waals surface area contributed by atoms with Crippen molar-refractivity contribution in [3.8, 4) is 0 Å². The smallest absolute Gasteiger partial charge is 0.191 e. The highest BCUT2D eigenvalue weighted by Crippen LogP contribution is 2.15. The molecule has 0 amide bonds. The van der Waals surface area contributed by atoms with Crippen LogP contribution in [-0.4, -0.2) is 44.1 Å². The Labute approximate surface area is 138 Å². The normalized spacial score (nSPS) is 20.0. The second-order valence-electron chi connectivity index (χ2n) is 5.80. The predicted octanol–water partition coefficient (Wildman–Crippen LogP) is 2.74. The van der Waals surface area contributed by atoms with Crippen molar-refractivity contribution in [2.24, 2.45) is 10.9 Å². The van der Waals surface area contributed by atoms with E-state index in [2.05, 4.69) is 27.4 Å². The number of piperidine rings is 1. The van der Waals surface area contributed by atoms with Crippen LogP contribution in [0.2, 0.25) is 5.02 Å². The lowest BCUT2D eigenvalue weighted by Gasteiger charge is -2.32. The Balaban J connectivity index is 1.77. The van der Waals surface area contributed by atoms with Gasteiger partial charge >= 0.3 is 0 Å². The summed E-state index contributed by atoms with van der Waals surface area (Å²) in [4.78, 5) is 6.82. The molecule has 2 rings (SSSR count). The SMILES string of the molecule is CCN1CCCC(CNC(=NC)NCc2ccccc2Cl)C1. The summed E-state index contributed by atoms with van der Waals surface area (Å²) >= 11 is 6.18. The zero-order chi connectivity index (χ0) is 15.8. The molecule has 2 N–H and O–H groups in total. The monoisotopic (exact) mass is 322 g/mol. The fourth-order valence-electron chi connectivity index (χ4n) is 2.89. The molecule has 1 unspecified atom stereocenters.